The van der Waals surface area contributed by atoms with Crippen LogP contribution in [-0.4, -0.2) is 49.7 Å². The molecular weight excluding hydrogens is 240 g/mol. The first-order valence-corrected chi connectivity index (χ1v) is 7.63. The van der Waals surface area contributed by atoms with Crippen LogP contribution in [0.5, 0.6) is 0 Å². The third-order valence-electron chi connectivity index (χ3n) is 4.49. The maximum Gasteiger partial charge on any atom is 0.326 e. The van der Waals surface area contributed by atoms with Crippen LogP contribution in [-0.2, 0) is 9.53 Å². The second-order valence-electron chi connectivity index (χ2n) is 5.71. The van der Waals surface area contributed by atoms with E-state index in [2.05, 4.69) is 31.0 Å². The maximum absolute atomic E-state index is 12.1. The van der Waals surface area contributed by atoms with Crippen molar-refractivity contribution in [2.75, 3.05) is 33.3 Å². The first-order valence-electron chi connectivity index (χ1n) is 7.63. The molecule has 1 rings (SSSR count). The van der Waals surface area contributed by atoms with Crippen LogP contribution in [0.4, 0.5) is 0 Å². The van der Waals surface area contributed by atoms with Gasteiger partial charge in [0.15, 0.2) is 0 Å². The van der Waals surface area contributed by atoms with Gasteiger partial charge in [-0.2, -0.15) is 0 Å². The van der Waals surface area contributed by atoms with Crippen molar-refractivity contribution in [1.82, 2.24) is 10.2 Å². The molecule has 0 aliphatic heterocycles. The van der Waals surface area contributed by atoms with Crippen LogP contribution in [0.15, 0.2) is 0 Å². The molecular formula is C15H30N2O2. The highest BCUT2D eigenvalue weighted by molar-refractivity contribution is 5.80. The average molecular weight is 270 g/mol. The highest BCUT2D eigenvalue weighted by Gasteiger charge is 2.41. The Kier molecular flexibility index (Phi) is 6.80. The molecule has 1 aliphatic carbocycles. The fourth-order valence-corrected chi connectivity index (χ4v) is 2.90. The molecule has 0 unspecified atom stereocenters. The molecule has 4 heteroatoms. The fourth-order valence-electron chi connectivity index (χ4n) is 2.90. The van der Waals surface area contributed by atoms with Crippen molar-refractivity contribution >= 4 is 5.97 Å². The molecule has 1 N–H and O–H groups in total. The molecule has 0 aromatic carbocycles. The lowest BCUT2D eigenvalue weighted by Gasteiger charge is -2.38. The van der Waals surface area contributed by atoms with Crippen LogP contribution in [0, 0.1) is 5.92 Å². The predicted molar refractivity (Wildman–Crippen MR) is 78.2 cm³/mol. The fraction of sp³-hybridized carbons (Fsp3) is 0.933. The molecule has 0 saturated heterocycles. The van der Waals surface area contributed by atoms with E-state index in [9.17, 15) is 4.79 Å². The highest BCUT2D eigenvalue weighted by Crippen LogP contribution is 2.32. The number of rotatable bonds is 7. The quantitative estimate of drug-likeness (QED) is 0.719. The molecule has 1 saturated carbocycles. The van der Waals surface area contributed by atoms with E-state index in [1.165, 1.54) is 7.11 Å². The Bertz CT molecular complexity index is 269. The van der Waals surface area contributed by atoms with Gasteiger partial charge in [0.1, 0.15) is 5.54 Å². The van der Waals surface area contributed by atoms with Crippen molar-refractivity contribution in [2.45, 2.75) is 52.0 Å². The van der Waals surface area contributed by atoms with Crippen LogP contribution >= 0.6 is 0 Å². The van der Waals surface area contributed by atoms with E-state index >= 15 is 0 Å². The zero-order valence-electron chi connectivity index (χ0n) is 13.0. The van der Waals surface area contributed by atoms with Gasteiger partial charge in [-0.15, -0.1) is 0 Å². The van der Waals surface area contributed by atoms with Crippen LogP contribution < -0.4 is 5.32 Å². The number of likely N-dealkylation sites (N-methyl/N-ethyl adjacent to an activating group) is 1. The zero-order valence-corrected chi connectivity index (χ0v) is 13.0. The number of esters is 1. The molecule has 0 atom stereocenters. The molecule has 0 amide bonds. The first kappa shape index (κ1) is 16.4. The molecule has 4 nitrogen and oxygen atoms in total. The minimum atomic E-state index is -0.436. The van der Waals surface area contributed by atoms with Crippen molar-refractivity contribution in [3.8, 4) is 0 Å². The summed E-state index contributed by atoms with van der Waals surface area (Å²) in [6.45, 7) is 10.5. The third-order valence-corrected chi connectivity index (χ3v) is 4.49. The molecule has 0 bridgehead atoms. The van der Waals surface area contributed by atoms with Gasteiger partial charge in [-0.1, -0.05) is 20.8 Å². The van der Waals surface area contributed by atoms with Crippen molar-refractivity contribution in [3.05, 3.63) is 0 Å². The van der Waals surface area contributed by atoms with Gasteiger partial charge in [-0.25, -0.2) is 0 Å². The van der Waals surface area contributed by atoms with Gasteiger partial charge < -0.3 is 15.0 Å². The van der Waals surface area contributed by atoms with Crippen molar-refractivity contribution < 1.29 is 9.53 Å². The number of carbonyl (C=O) groups excluding carboxylic acids is 1. The number of methoxy groups -OCH3 is 1. The molecule has 0 radical (unpaired) electrons. The molecule has 0 spiro atoms. The van der Waals surface area contributed by atoms with Crippen LogP contribution in [0.3, 0.4) is 0 Å². The summed E-state index contributed by atoms with van der Waals surface area (Å²) in [4.78, 5) is 14.5. The first-order chi connectivity index (χ1) is 9.07. The van der Waals surface area contributed by atoms with Crippen molar-refractivity contribution in [1.29, 1.82) is 0 Å². The Balaban J connectivity index is 2.53. The monoisotopic (exact) mass is 270 g/mol. The minimum absolute atomic E-state index is 0.0843. The Morgan fingerprint density at radius 2 is 1.89 bits per heavy atom. The van der Waals surface area contributed by atoms with E-state index in [-0.39, 0.29) is 5.97 Å². The summed E-state index contributed by atoms with van der Waals surface area (Å²) < 4.78 is 5.02. The maximum atomic E-state index is 12.1. The molecule has 1 fully saturated rings. The molecule has 0 aromatic heterocycles. The summed E-state index contributed by atoms with van der Waals surface area (Å²) in [7, 11) is 1.49. The van der Waals surface area contributed by atoms with Gasteiger partial charge in [-0.3, -0.25) is 4.79 Å². The molecule has 0 heterocycles. The van der Waals surface area contributed by atoms with Gasteiger partial charge in [0.25, 0.3) is 0 Å². The second kappa shape index (κ2) is 7.85. The Hall–Kier alpha value is -0.610. The number of carbonyl (C=O) groups is 1. The smallest absolute Gasteiger partial charge is 0.326 e. The lowest BCUT2D eigenvalue weighted by molar-refractivity contribution is -0.150. The summed E-state index contributed by atoms with van der Waals surface area (Å²) in [6.07, 6.45) is 4.01. The lowest BCUT2D eigenvalue weighted by atomic mass is 9.77. The van der Waals surface area contributed by atoms with Gasteiger partial charge in [-0.05, 0) is 44.7 Å². The summed E-state index contributed by atoms with van der Waals surface area (Å²) in [5.41, 5.74) is -0.436. The molecule has 1 aliphatic rings. The van der Waals surface area contributed by atoms with Gasteiger partial charge >= 0.3 is 5.97 Å². The van der Waals surface area contributed by atoms with E-state index < -0.39 is 5.54 Å². The number of hydrogen-bond acceptors (Lipinski definition) is 4. The summed E-state index contributed by atoms with van der Waals surface area (Å²) in [5.74, 6) is 0.640. The van der Waals surface area contributed by atoms with Gasteiger partial charge in [0.05, 0.1) is 7.11 Å². The van der Waals surface area contributed by atoms with Crippen molar-refractivity contribution in [2.24, 2.45) is 5.92 Å². The minimum Gasteiger partial charge on any atom is -0.468 e. The largest absolute Gasteiger partial charge is 0.468 e. The van der Waals surface area contributed by atoms with E-state index in [0.717, 1.165) is 57.8 Å². The average Bonchev–Trinajstić information content (AvgIpc) is 2.45. The normalized spacial score (nSPS) is 27.5. The SMILES string of the molecule is CCN(CC)CCNC1(C(=O)OC)CCC(C)CC1. The topological polar surface area (TPSA) is 41.6 Å². The summed E-state index contributed by atoms with van der Waals surface area (Å²) in [5, 5.41) is 3.49. The van der Waals surface area contributed by atoms with Gasteiger partial charge in [0, 0.05) is 13.1 Å². The van der Waals surface area contributed by atoms with E-state index in [1.807, 2.05) is 0 Å². The summed E-state index contributed by atoms with van der Waals surface area (Å²) in [6, 6.07) is 0. The third kappa shape index (κ3) is 4.46. The standard InChI is InChI=1S/C15H30N2O2/c1-5-17(6-2)12-11-16-15(14(18)19-4)9-7-13(3)8-10-15/h13,16H,5-12H2,1-4H3. The van der Waals surface area contributed by atoms with Crippen LogP contribution in [0.1, 0.15) is 46.5 Å². The number of ether oxygens (including phenoxy) is 1. The molecule has 112 valence electrons. The van der Waals surface area contributed by atoms with E-state index in [4.69, 9.17) is 4.74 Å². The van der Waals surface area contributed by atoms with Crippen LogP contribution in [0.25, 0.3) is 0 Å². The molecule has 19 heavy (non-hydrogen) atoms. The Morgan fingerprint density at radius 1 is 1.32 bits per heavy atom. The number of nitrogens with one attached hydrogen (secondary N) is 1. The van der Waals surface area contributed by atoms with E-state index in [1.54, 1.807) is 0 Å². The van der Waals surface area contributed by atoms with Crippen LogP contribution in [0.2, 0.25) is 0 Å². The number of hydrogen-bond donors (Lipinski definition) is 1. The predicted octanol–water partition coefficient (Wildman–Crippen LogP) is 2.04. The van der Waals surface area contributed by atoms with Crippen molar-refractivity contribution in [3.63, 3.8) is 0 Å². The second-order valence-corrected chi connectivity index (χ2v) is 5.71. The van der Waals surface area contributed by atoms with Gasteiger partial charge in [0.2, 0.25) is 0 Å². The number of nitrogens with zero attached hydrogens (tertiary/aromatic N) is 1. The highest BCUT2D eigenvalue weighted by atomic mass is 16.5. The summed E-state index contributed by atoms with van der Waals surface area (Å²) >= 11 is 0. The Morgan fingerprint density at radius 3 is 2.37 bits per heavy atom. The molecule has 0 aromatic rings. The lowest BCUT2D eigenvalue weighted by Crippen LogP contribution is -2.56. The zero-order chi connectivity index (χ0) is 14.3. The Labute approximate surface area is 117 Å². The van der Waals surface area contributed by atoms with E-state index in [0.29, 0.717) is 0 Å².